The summed E-state index contributed by atoms with van der Waals surface area (Å²) >= 11 is 0. The molecule has 6 nitrogen and oxygen atoms in total. The molecular formula is C20H24N4O2. The largest absolute Gasteiger partial charge is 0.480 e. The van der Waals surface area contributed by atoms with E-state index < -0.39 is 6.10 Å². The first kappa shape index (κ1) is 16.8. The Kier molecular flexibility index (Phi) is 4.49. The molecule has 1 fully saturated rings. The molecule has 1 amide bonds. The third kappa shape index (κ3) is 3.23. The van der Waals surface area contributed by atoms with Crippen molar-refractivity contribution in [3.05, 3.63) is 41.2 Å². The molecule has 26 heavy (non-hydrogen) atoms. The fourth-order valence-electron chi connectivity index (χ4n) is 3.65. The summed E-state index contributed by atoms with van der Waals surface area (Å²) in [6.07, 6.45) is 3.40. The highest BCUT2D eigenvalue weighted by atomic mass is 16.5. The molecule has 136 valence electrons. The van der Waals surface area contributed by atoms with Crippen LogP contribution in [0.4, 0.5) is 11.6 Å². The zero-order valence-electron chi connectivity index (χ0n) is 15.3. The van der Waals surface area contributed by atoms with Crippen LogP contribution in [-0.4, -0.2) is 35.1 Å². The molecule has 0 bridgehead atoms. The summed E-state index contributed by atoms with van der Waals surface area (Å²) in [5, 5.41) is 2.99. The topological polar surface area (TPSA) is 67.4 Å². The van der Waals surface area contributed by atoms with E-state index in [1.807, 2.05) is 38.1 Å². The van der Waals surface area contributed by atoms with Gasteiger partial charge in [0.1, 0.15) is 5.75 Å². The summed E-state index contributed by atoms with van der Waals surface area (Å²) in [6, 6.07) is 7.88. The minimum atomic E-state index is -0.484. The Balaban J connectivity index is 1.49. The summed E-state index contributed by atoms with van der Waals surface area (Å²) in [4.78, 5) is 24.1. The Labute approximate surface area is 153 Å². The van der Waals surface area contributed by atoms with Crippen LogP contribution in [0, 0.1) is 13.8 Å². The smallest absolute Gasteiger partial charge is 0.265 e. The van der Waals surface area contributed by atoms with Crippen molar-refractivity contribution in [1.29, 1.82) is 0 Å². The molecule has 1 N–H and O–H groups in total. The molecule has 2 aliphatic rings. The molecule has 1 atom stereocenters. The highest BCUT2D eigenvalue weighted by molar-refractivity contribution is 5.95. The molecule has 0 saturated carbocycles. The molecule has 4 rings (SSSR count). The second kappa shape index (κ2) is 6.94. The van der Waals surface area contributed by atoms with E-state index in [0.717, 1.165) is 48.2 Å². The first-order valence-corrected chi connectivity index (χ1v) is 9.27. The van der Waals surface area contributed by atoms with E-state index in [1.54, 1.807) is 0 Å². The van der Waals surface area contributed by atoms with Crippen LogP contribution in [0.3, 0.4) is 0 Å². The minimum Gasteiger partial charge on any atom is -0.480 e. The van der Waals surface area contributed by atoms with Crippen LogP contribution >= 0.6 is 0 Å². The maximum Gasteiger partial charge on any atom is 0.265 e. The number of carbonyl (C=O) groups is 1. The molecule has 1 saturated heterocycles. The number of nitrogens with one attached hydrogen (secondary N) is 1. The van der Waals surface area contributed by atoms with Gasteiger partial charge < -0.3 is 15.0 Å². The van der Waals surface area contributed by atoms with Crippen LogP contribution in [-0.2, 0) is 11.2 Å². The molecule has 1 aromatic carbocycles. The van der Waals surface area contributed by atoms with E-state index in [4.69, 9.17) is 4.74 Å². The van der Waals surface area contributed by atoms with Crippen LogP contribution in [0.5, 0.6) is 5.75 Å². The van der Waals surface area contributed by atoms with E-state index in [0.29, 0.717) is 12.1 Å². The number of fused-ring (bicyclic) bond motifs is 1. The summed E-state index contributed by atoms with van der Waals surface area (Å²) in [7, 11) is 0. The Hall–Kier alpha value is -2.63. The van der Waals surface area contributed by atoms with Crippen molar-refractivity contribution in [2.75, 3.05) is 23.3 Å². The van der Waals surface area contributed by atoms with Crippen molar-refractivity contribution in [1.82, 2.24) is 9.97 Å². The fourth-order valence-corrected chi connectivity index (χ4v) is 3.65. The first-order valence-electron chi connectivity index (χ1n) is 9.27. The molecule has 2 aromatic rings. The van der Waals surface area contributed by atoms with Gasteiger partial charge in [0, 0.05) is 13.1 Å². The van der Waals surface area contributed by atoms with Gasteiger partial charge in [0.15, 0.2) is 6.10 Å². The molecule has 0 spiro atoms. The van der Waals surface area contributed by atoms with E-state index in [9.17, 15) is 4.79 Å². The second-order valence-corrected chi connectivity index (χ2v) is 7.01. The van der Waals surface area contributed by atoms with Crippen LogP contribution in [0.2, 0.25) is 0 Å². The fraction of sp³-hybridized carbons (Fsp3) is 0.450. The van der Waals surface area contributed by atoms with Gasteiger partial charge in [-0.25, -0.2) is 9.97 Å². The van der Waals surface area contributed by atoms with Crippen LogP contribution < -0.4 is 15.0 Å². The van der Waals surface area contributed by atoms with Crippen LogP contribution in [0.1, 0.15) is 36.2 Å². The van der Waals surface area contributed by atoms with Crippen molar-refractivity contribution in [3.8, 4) is 5.75 Å². The first-order chi connectivity index (χ1) is 12.6. The number of para-hydroxylation sites is 1. The van der Waals surface area contributed by atoms with Crippen molar-refractivity contribution < 1.29 is 9.53 Å². The van der Waals surface area contributed by atoms with E-state index in [1.165, 1.54) is 12.8 Å². The summed E-state index contributed by atoms with van der Waals surface area (Å²) in [6.45, 7) is 5.83. The zero-order valence-corrected chi connectivity index (χ0v) is 15.3. The predicted molar refractivity (Wildman–Crippen MR) is 101 cm³/mol. The van der Waals surface area contributed by atoms with E-state index in [2.05, 4.69) is 20.2 Å². The molecule has 1 unspecified atom stereocenters. The maximum absolute atomic E-state index is 12.7. The van der Waals surface area contributed by atoms with Crippen molar-refractivity contribution in [2.24, 2.45) is 0 Å². The molecule has 3 heterocycles. The number of ether oxygens (including phenoxy) is 1. The number of nitrogens with zero attached hydrogens (tertiary/aromatic N) is 3. The summed E-state index contributed by atoms with van der Waals surface area (Å²) in [5.74, 6) is 1.43. The zero-order chi connectivity index (χ0) is 18.1. The normalized spacial score (nSPS) is 19.0. The van der Waals surface area contributed by atoms with Crippen molar-refractivity contribution >= 4 is 17.5 Å². The van der Waals surface area contributed by atoms with Gasteiger partial charge >= 0.3 is 0 Å². The van der Waals surface area contributed by atoms with Crippen molar-refractivity contribution in [2.45, 2.75) is 45.6 Å². The number of aryl methyl sites for hydroxylation is 3. The molecule has 1 aromatic heterocycles. The lowest BCUT2D eigenvalue weighted by atomic mass is 10.0. The average molecular weight is 352 g/mol. The predicted octanol–water partition coefficient (Wildman–Crippen LogP) is 3.03. The lowest BCUT2D eigenvalue weighted by Crippen LogP contribution is -2.36. The van der Waals surface area contributed by atoms with Gasteiger partial charge in [0.25, 0.3) is 5.91 Å². The molecule has 6 heteroatoms. The third-order valence-corrected chi connectivity index (χ3v) is 5.11. The van der Waals surface area contributed by atoms with Gasteiger partial charge in [-0.15, -0.1) is 0 Å². The quantitative estimate of drug-likeness (QED) is 0.920. The number of hydrogen-bond acceptors (Lipinski definition) is 5. The van der Waals surface area contributed by atoms with Gasteiger partial charge in [-0.05, 0) is 51.2 Å². The highest BCUT2D eigenvalue weighted by Crippen LogP contribution is 2.28. The van der Waals surface area contributed by atoms with Gasteiger partial charge in [-0.2, -0.15) is 0 Å². The summed E-state index contributed by atoms with van der Waals surface area (Å²) in [5.41, 5.74) is 3.44. The number of hydrogen-bond donors (Lipinski definition) is 1. The monoisotopic (exact) mass is 352 g/mol. The number of rotatable bonds is 3. The second-order valence-electron chi connectivity index (χ2n) is 7.01. The highest BCUT2D eigenvalue weighted by Gasteiger charge is 2.27. The maximum atomic E-state index is 12.7. The average Bonchev–Trinajstić information content (AvgIpc) is 3.18. The lowest BCUT2D eigenvalue weighted by Gasteiger charge is -2.26. The third-order valence-electron chi connectivity index (χ3n) is 5.11. The SMILES string of the molecule is Cc1nc(N2CCCC2)nc(C)c1NC(=O)C1CCc2ccccc2O1. The lowest BCUT2D eigenvalue weighted by molar-refractivity contribution is -0.123. The Morgan fingerprint density at radius 1 is 1.15 bits per heavy atom. The molecule has 2 aliphatic heterocycles. The number of amides is 1. The number of carbonyl (C=O) groups excluding carboxylic acids is 1. The van der Waals surface area contributed by atoms with E-state index in [-0.39, 0.29) is 5.91 Å². The molecule has 0 aliphatic carbocycles. The van der Waals surface area contributed by atoms with Gasteiger partial charge in [0.05, 0.1) is 17.1 Å². The van der Waals surface area contributed by atoms with Gasteiger partial charge in [-0.1, -0.05) is 18.2 Å². The summed E-state index contributed by atoms with van der Waals surface area (Å²) < 4.78 is 5.89. The minimum absolute atomic E-state index is 0.136. The Morgan fingerprint density at radius 2 is 1.85 bits per heavy atom. The van der Waals surface area contributed by atoms with Crippen molar-refractivity contribution in [3.63, 3.8) is 0 Å². The Morgan fingerprint density at radius 3 is 2.58 bits per heavy atom. The molecular weight excluding hydrogens is 328 g/mol. The number of benzene rings is 1. The standard InChI is InChI=1S/C20H24N4O2/c1-13-18(14(2)22-20(21-13)24-11-5-6-12-24)23-19(25)17-10-9-15-7-3-4-8-16(15)26-17/h3-4,7-8,17H,5-6,9-12H2,1-2H3,(H,23,25). The number of anilines is 2. The van der Waals surface area contributed by atoms with Gasteiger partial charge in [0.2, 0.25) is 5.95 Å². The van der Waals surface area contributed by atoms with Crippen LogP contribution in [0.15, 0.2) is 24.3 Å². The van der Waals surface area contributed by atoms with Crippen LogP contribution in [0.25, 0.3) is 0 Å². The van der Waals surface area contributed by atoms with E-state index >= 15 is 0 Å². The molecule has 0 radical (unpaired) electrons. The number of aromatic nitrogens is 2. The Bertz CT molecular complexity index is 807. The van der Waals surface area contributed by atoms with Gasteiger partial charge in [-0.3, -0.25) is 4.79 Å².